The van der Waals surface area contributed by atoms with E-state index in [0.717, 1.165) is 0 Å². The molecule has 140 valence electrons. The van der Waals surface area contributed by atoms with Gasteiger partial charge in [-0.2, -0.15) is 4.91 Å². The van der Waals surface area contributed by atoms with Gasteiger partial charge >= 0.3 is 5.97 Å². The van der Waals surface area contributed by atoms with E-state index >= 15 is 0 Å². The first-order valence-electron chi connectivity index (χ1n) is 7.69. The van der Waals surface area contributed by atoms with Crippen molar-refractivity contribution in [2.75, 3.05) is 6.54 Å². The molecule has 1 heterocycles. The zero-order chi connectivity index (χ0) is 18.4. The highest BCUT2D eigenvalue weighted by molar-refractivity contribution is 5.73. The molecule has 0 amide bonds. The van der Waals surface area contributed by atoms with Gasteiger partial charge in [0, 0.05) is 6.42 Å². The monoisotopic (exact) mass is 351 g/mol. The molecule has 1 saturated heterocycles. The van der Waals surface area contributed by atoms with Crippen LogP contribution in [-0.4, -0.2) is 82.0 Å². The average molecular weight is 351 g/mol. The maximum atomic E-state index is 11.1. The molecule has 10 nitrogen and oxygen atoms in total. The lowest BCUT2D eigenvalue weighted by Gasteiger charge is -2.39. The summed E-state index contributed by atoms with van der Waals surface area (Å²) in [5, 5.41) is 41.3. The third kappa shape index (κ3) is 5.72. The Labute approximate surface area is 139 Å². The van der Waals surface area contributed by atoms with E-state index in [9.17, 15) is 25.0 Å². The molecule has 10 heteroatoms. The molecule has 4 N–H and O–H groups in total. The second kappa shape index (κ2) is 9.35. The predicted molar refractivity (Wildman–Crippen MR) is 80.2 cm³/mol. The molecular formula is C14H25NO9. The normalized spacial score (nSPS) is 31.5. The van der Waals surface area contributed by atoms with Gasteiger partial charge in [0.2, 0.25) is 0 Å². The van der Waals surface area contributed by atoms with Crippen molar-refractivity contribution < 1.29 is 39.4 Å². The molecule has 0 aromatic heterocycles. The van der Waals surface area contributed by atoms with Crippen LogP contribution in [-0.2, 0) is 19.0 Å². The quantitative estimate of drug-likeness (QED) is 0.392. The van der Waals surface area contributed by atoms with Crippen LogP contribution in [0.5, 0.6) is 0 Å². The van der Waals surface area contributed by atoms with Crippen LogP contribution >= 0.6 is 0 Å². The van der Waals surface area contributed by atoms with Crippen molar-refractivity contribution in [1.29, 1.82) is 0 Å². The van der Waals surface area contributed by atoms with Crippen LogP contribution in [0.1, 0.15) is 27.2 Å². The highest BCUT2D eigenvalue weighted by Gasteiger charge is 2.43. The number of rotatable bonds is 9. The molecule has 7 unspecified atom stereocenters. The van der Waals surface area contributed by atoms with Crippen LogP contribution in [0.4, 0.5) is 0 Å². The second-order valence-corrected chi connectivity index (χ2v) is 6.01. The zero-order valence-corrected chi connectivity index (χ0v) is 13.8. The van der Waals surface area contributed by atoms with E-state index in [-0.39, 0.29) is 19.1 Å². The molecule has 0 aromatic carbocycles. The summed E-state index contributed by atoms with van der Waals surface area (Å²) in [6, 6.07) is 0. The van der Waals surface area contributed by atoms with Gasteiger partial charge in [0.1, 0.15) is 24.9 Å². The highest BCUT2D eigenvalue weighted by Crippen LogP contribution is 2.25. The fourth-order valence-corrected chi connectivity index (χ4v) is 2.47. The third-order valence-electron chi connectivity index (χ3n) is 3.51. The van der Waals surface area contributed by atoms with Crippen molar-refractivity contribution in [3.05, 3.63) is 4.91 Å². The van der Waals surface area contributed by atoms with Crippen molar-refractivity contribution in [3.63, 3.8) is 0 Å². The van der Waals surface area contributed by atoms with Gasteiger partial charge in [0.25, 0.3) is 0 Å². The fraction of sp³-hybridized carbons (Fsp3) is 0.929. The average Bonchev–Trinajstić information content (AvgIpc) is 2.44. The number of aliphatic carboxylic acids is 1. The first-order chi connectivity index (χ1) is 11.2. The van der Waals surface area contributed by atoms with E-state index in [2.05, 4.69) is 5.18 Å². The maximum Gasteiger partial charge on any atom is 0.335 e. The minimum absolute atomic E-state index is 0.268. The Morgan fingerprint density at radius 2 is 1.92 bits per heavy atom. The van der Waals surface area contributed by atoms with Gasteiger partial charge in [-0.05, 0) is 20.8 Å². The molecule has 24 heavy (non-hydrogen) atoms. The second-order valence-electron chi connectivity index (χ2n) is 6.01. The number of nitroso groups, excluding NO2 is 1. The first kappa shape index (κ1) is 20.9. The summed E-state index contributed by atoms with van der Waals surface area (Å²) >= 11 is 0. The summed E-state index contributed by atoms with van der Waals surface area (Å²) in [7, 11) is 0. The van der Waals surface area contributed by atoms with E-state index in [4.69, 9.17) is 19.3 Å². The van der Waals surface area contributed by atoms with Crippen LogP contribution in [0.15, 0.2) is 5.18 Å². The summed E-state index contributed by atoms with van der Waals surface area (Å²) in [5.41, 5.74) is 0. The minimum Gasteiger partial charge on any atom is -0.479 e. The van der Waals surface area contributed by atoms with Crippen molar-refractivity contribution in [1.82, 2.24) is 0 Å². The van der Waals surface area contributed by atoms with E-state index in [1.54, 1.807) is 13.8 Å². The molecular weight excluding hydrogens is 326 g/mol. The molecule has 0 bridgehead atoms. The first-order valence-corrected chi connectivity index (χ1v) is 7.69. The largest absolute Gasteiger partial charge is 0.479 e. The van der Waals surface area contributed by atoms with Gasteiger partial charge in [-0.25, -0.2) is 4.79 Å². The topological polar surface area (TPSA) is 155 Å². The summed E-state index contributed by atoms with van der Waals surface area (Å²) in [4.78, 5) is 21.7. The Morgan fingerprint density at radius 1 is 1.29 bits per heavy atom. The van der Waals surface area contributed by atoms with Gasteiger partial charge in [-0.1, -0.05) is 5.18 Å². The Morgan fingerprint density at radius 3 is 2.38 bits per heavy atom. The Balaban J connectivity index is 2.88. The number of hydrogen-bond donors (Lipinski definition) is 4. The van der Waals surface area contributed by atoms with Crippen molar-refractivity contribution in [3.8, 4) is 0 Å². The number of carboxylic acid groups (broad SMARTS) is 1. The lowest BCUT2D eigenvalue weighted by Crippen LogP contribution is -2.55. The summed E-state index contributed by atoms with van der Waals surface area (Å²) < 4.78 is 16.1. The molecule has 0 aromatic rings. The molecule has 1 aliphatic heterocycles. The lowest BCUT2D eigenvalue weighted by molar-refractivity contribution is -0.295. The van der Waals surface area contributed by atoms with Crippen LogP contribution in [0.2, 0.25) is 0 Å². The highest BCUT2D eigenvalue weighted by atomic mass is 16.7. The predicted octanol–water partition coefficient (Wildman–Crippen LogP) is -0.766. The van der Waals surface area contributed by atoms with E-state index in [1.165, 1.54) is 6.92 Å². The zero-order valence-electron chi connectivity index (χ0n) is 13.8. The van der Waals surface area contributed by atoms with Crippen molar-refractivity contribution in [2.24, 2.45) is 5.18 Å². The summed E-state index contributed by atoms with van der Waals surface area (Å²) in [6.45, 7) is 4.53. The lowest BCUT2D eigenvalue weighted by atomic mass is 10.0. The third-order valence-corrected chi connectivity index (χ3v) is 3.51. The maximum absolute atomic E-state index is 11.1. The van der Waals surface area contributed by atoms with Gasteiger partial charge in [-0.3, -0.25) is 0 Å². The number of aliphatic hydroxyl groups is 3. The number of aliphatic hydroxyl groups excluding tert-OH is 3. The standard InChI is InChI=1S/C14H25NO9/c1-6(2)22-10(5-15-21)11(7(3)16)23-14-9(18)4-8(17)12(24-14)13(19)20/h6-12,14,16-18H,4-5H2,1-3H3,(H,19,20). The van der Waals surface area contributed by atoms with Crippen LogP contribution < -0.4 is 0 Å². The van der Waals surface area contributed by atoms with Gasteiger partial charge in [0.05, 0.1) is 18.3 Å². The number of nitrogens with zero attached hydrogens (tertiary/aromatic N) is 1. The van der Waals surface area contributed by atoms with Crippen LogP contribution in [0.25, 0.3) is 0 Å². The molecule has 0 spiro atoms. The van der Waals surface area contributed by atoms with Gasteiger partial charge in [0.15, 0.2) is 12.4 Å². The molecule has 7 atom stereocenters. The molecule has 0 saturated carbocycles. The van der Waals surface area contributed by atoms with Gasteiger partial charge in [-0.15, -0.1) is 0 Å². The molecule has 1 aliphatic rings. The Hall–Kier alpha value is -1.17. The van der Waals surface area contributed by atoms with E-state index in [1.807, 2.05) is 0 Å². The van der Waals surface area contributed by atoms with Crippen molar-refractivity contribution in [2.45, 2.75) is 76.2 Å². The number of carboxylic acids is 1. The summed E-state index contributed by atoms with van der Waals surface area (Å²) in [5.74, 6) is -1.40. The van der Waals surface area contributed by atoms with Crippen LogP contribution in [0, 0.1) is 4.91 Å². The fourth-order valence-electron chi connectivity index (χ4n) is 2.47. The smallest absolute Gasteiger partial charge is 0.335 e. The SMILES string of the molecule is CC(C)OC(CN=O)C(OC1OC(C(=O)O)C(O)CC1O)C(C)O. The molecule has 1 fully saturated rings. The van der Waals surface area contributed by atoms with Crippen molar-refractivity contribution >= 4 is 5.97 Å². The van der Waals surface area contributed by atoms with E-state index < -0.39 is 48.9 Å². The number of carbonyl (C=O) groups is 1. The van der Waals surface area contributed by atoms with E-state index in [0.29, 0.717) is 0 Å². The van der Waals surface area contributed by atoms with Gasteiger partial charge < -0.3 is 34.6 Å². The van der Waals surface area contributed by atoms with Crippen LogP contribution in [0.3, 0.4) is 0 Å². The Kier molecular flexibility index (Phi) is 8.13. The molecule has 1 rings (SSSR count). The Bertz CT molecular complexity index is 417. The molecule has 0 aliphatic carbocycles. The minimum atomic E-state index is -1.57. The number of hydrogen-bond acceptors (Lipinski definition) is 9. The number of ether oxygens (including phenoxy) is 3. The molecule has 0 radical (unpaired) electrons. The summed E-state index contributed by atoms with van der Waals surface area (Å²) in [6.07, 6.45) is -9.32.